The minimum atomic E-state index is -1.31. The fraction of sp³-hybridized carbons (Fsp3) is 0.263. The van der Waals surface area contributed by atoms with Gasteiger partial charge in [-0.3, -0.25) is 9.69 Å². The van der Waals surface area contributed by atoms with Gasteiger partial charge in [0.15, 0.2) is 5.54 Å². The molecule has 2 N–H and O–H groups in total. The Morgan fingerprint density at radius 3 is 2.73 bits per heavy atom. The number of benzene rings is 2. The van der Waals surface area contributed by atoms with E-state index < -0.39 is 29.4 Å². The molecule has 2 aliphatic heterocycles. The number of nitrogens with zero attached hydrogens (tertiary/aromatic N) is 1. The van der Waals surface area contributed by atoms with Gasteiger partial charge in [-0.1, -0.05) is 36.4 Å². The summed E-state index contributed by atoms with van der Waals surface area (Å²) in [4.78, 5) is 26.5. The highest BCUT2D eigenvalue weighted by Crippen LogP contribution is 2.41. The van der Waals surface area contributed by atoms with Crippen LogP contribution in [-0.2, 0) is 10.3 Å². The highest BCUT2D eigenvalue weighted by atomic mass is 19.1. The van der Waals surface area contributed by atoms with Crippen molar-refractivity contribution in [3.63, 3.8) is 0 Å². The third-order valence-electron chi connectivity index (χ3n) is 4.88. The zero-order chi connectivity index (χ0) is 18.3. The van der Waals surface area contributed by atoms with Crippen LogP contribution in [0.2, 0.25) is 0 Å². The summed E-state index contributed by atoms with van der Waals surface area (Å²) in [5.41, 5.74) is -0.574. The molecule has 0 aromatic heterocycles. The van der Waals surface area contributed by atoms with Gasteiger partial charge in [-0.05, 0) is 12.1 Å². The second-order valence-electron chi connectivity index (χ2n) is 6.38. The third-order valence-corrected chi connectivity index (χ3v) is 4.88. The summed E-state index contributed by atoms with van der Waals surface area (Å²) in [6.07, 6.45) is -1.02. The molecule has 2 atom stereocenters. The highest BCUT2D eigenvalue weighted by Gasteiger charge is 2.55. The average Bonchev–Trinajstić information content (AvgIpc) is 2.87. The van der Waals surface area contributed by atoms with E-state index in [1.165, 1.54) is 18.2 Å². The second kappa shape index (κ2) is 6.10. The molecular weight excluding hydrogens is 339 g/mol. The first-order chi connectivity index (χ1) is 12.5. The summed E-state index contributed by atoms with van der Waals surface area (Å²) < 4.78 is 19.4. The summed E-state index contributed by atoms with van der Waals surface area (Å²) in [5, 5.41) is 13.1. The number of ether oxygens (including phenoxy) is 1. The maximum atomic E-state index is 13.9. The zero-order valence-corrected chi connectivity index (χ0v) is 13.8. The summed E-state index contributed by atoms with van der Waals surface area (Å²) >= 11 is 0. The van der Waals surface area contributed by atoms with Gasteiger partial charge in [0.2, 0.25) is 0 Å². The number of carbonyl (C=O) groups is 2. The number of imide groups is 1. The molecule has 0 aliphatic carbocycles. The standard InChI is InChI=1S/C19H17FN2O4/c20-14-7-3-1-5-12(14)15(23)11-22-17(24)19(21-18(22)25)9-10-26-16-8-4-2-6-13(16)19/h1-8,15,23H,9-11H2,(H,21,25)/t15-,19+/m0/s1. The Morgan fingerprint density at radius 2 is 1.92 bits per heavy atom. The van der Waals surface area contributed by atoms with Crippen LogP contribution in [0.15, 0.2) is 48.5 Å². The molecule has 0 bridgehead atoms. The first-order valence-corrected chi connectivity index (χ1v) is 8.32. The molecule has 0 unspecified atom stereocenters. The maximum absolute atomic E-state index is 13.9. The third kappa shape index (κ3) is 2.43. The van der Waals surface area contributed by atoms with Gasteiger partial charge >= 0.3 is 6.03 Å². The van der Waals surface area contributed by atoms with E-state index in [0.29, 0.717) is 17.7 Å². The Balaban J connectivity index is 1.64. The van der Waals surface area contributed by atoms with E-state index in [0.717, 1.165) is 4.90 Å². The lowest BCUT2D eigenvalue weighted by molar-refractivity contribution is -0.133. The number of carbonyl (C=O) groups excluding carboxylic acids is 2. The minimum absolute atomic E-state index is 0.0430. The van der Waals surface area contributed by atoms with Gasteiger partial charge in [0, 0.05) is 17.5 Å². The summed E-state index contributed by atoms with van der Waals surface area (Å²) in [6.45, 7) is -0.0386. The number of hydrogen-bond acceptors (Lipinski definition) is 4. The Kier molecular flexibility index (Phi) is 3.88. The SMILES string of the molecule is O=C1N[C@@]2(CCOc3ccccc32)C(=O)N1C[C@H](O)c1ccccc1F. The number of aliphatic hydroxyl groups is 1. The molecule has 1 fully saturated rings. The number of amides is 3. The van der Waals surface area contributed by atoms with Gasteiger partial charge < -0.3 is 15.2 Å². The van der Waals surface area contributed by atoms with Crippen molar-refractivity contribution in [3.8, 4) is 5.75 Å². The summed E-state index contributed by atoms with van der Waals surface area (Å²) in [6, 6.07) is 12.2. The predicted molar refractivity (Wildman–Crippen MR) is 89.8 cm³/mol. The number of para-hydroxylation sites is 1. The van der Waals surface area contributed by atoms with Crippen molar-refractivity contribution >= 4 is 11.9 Å². The Hall–Kier alpha value is -2.93. The molecule has 2 heterocycles. The van der Waals surface area contributed by atoms with E-state index >= 15 is 0 Å². The van der Waals surface area contributed by atoms with Crippen LogP contribution in [0, 0.1) is 5.82 Å². The van der Waals surface area contributed by atoms with E-state index in [2.05, 4.69) is 5.32 Å². The van der Waals surface area contributed by atoms with Gasteiger partial charge in [0.05, 0.1) is 19.3 Å². The molecule has 2 aromatic carbocycles. The Labute approximate surface area is 149 Å². The van der Waals surface area contributed by atoms with Crippen LogP contribution in [0.3, 0.4) is 0 Å². The molecule has 26 heavy (non-hydrogen) atoms. The van der Waals surface area contributed by atoms with Crippen molar-refractivity contribution in [3.05, 3.63) is 65.5 Å². The molecule has 1 saturated heterocycles. The lowest BCUT2D eigenvalue weighted by Crippen LogP contribution is -2.47. The summed E-state index contributed by atoms with van der Waals surface area (Å²) in [7, 11) is 0. The molecular formula is C19H17FN2O4. The Bertz CT molecular complexity index is 887. The lowest BCUT2D eigenvalue weighted by Gasteiger charge is -2.33. The number of nitrogens with one attached hydrogen (secondary N) is 1. The normalized spacial score (nSPS) is 22.8. The predicted octanol–water partition coefficient (Wildman–Crippen LogP) is 2.09. The minimum Gasteiger partial charge on any atom is -0.493 e. The number of β-amino-alcohol motifs (C(OH)–C–C–N with tert-alkyl or cyclic N) is 1. The van der Waals surface area contributed by atoms with Crippen LogP contribution >= 0.6 is 0 Å². The first kappa shape index (κ1) is 16.5. The molecule has 3 amide bonds. The van der Waals surface area contributed by atoms with Crippen LogP contribution in [0.1, 0.15) is 23.7 Å². The van der Waals surface area contributed by atoms with Crippen LogP contribution in [0.25, 0.3) is 0 Å². The number of rotatable bonds is 3. The number of halogens is 1. The highest BCUT2D eigenvalue weighted by molar-refractivity contribution is 6.08. The first-order valence-electron chi connectivity index (χ1n) is 8.32. The molecule has 7 heteroatoms. The molecule has 2 aliphatic rings. The molecule has 134 valence electrons. The fourth-order valence-electron chi connectivity index (χ4n) is 3.55. The average molecular weight is 356 g/mol. The van der Waals surface area contributed by atoms with E-state index in [1.54, 1.807) is 30.3 Å². The van der Waals surface area contributed by atoms with Crippen LogP contribution in [0.4, 0.5) is 9.18 Å². The van der Waals surface area contributed by atoms with E-state index in [1.807, 2.05) is 0 Å². The van der Waals surface area contributed by atoms with Gasteiger partial charge in [0.1, 0.15) is 11.6 Å². The van der Waals surface area contributed by atoms with Gasteiger partial charge in [0.25, 0.3) is 5.91 Å². The molecule has 2 aromatic rings. The van der Waals surface area contributed by atoms with Crippen LogP contribution in [-0.4, -0.2) is 35.1 Å². The van der Waals surface area contributed by atoms with Gasteiger partial charge in [-0.15, -0.1) is 0 Å². The number of hydrogen-bond donors (Lipinski definition) is 2. The largest absolute Gasteiger partial charge is 0.493 e. The zero-order valence-electron chi connectivity index (χ0n) is 13.8. The smallest absolute Gasteiger partial charge is 0.325 e. The van der Waals surface area contributed by atoms with Crippen molar-refractivity contribution in [2.24, 2.45) is 0 Å². The van der Waals surface area contributed by atoms with Crippen LogP contribution < -0.4 is 10.1 Å². The van der Waals surface area contributed by atoms with Crippen molar-refractivity contribution in [1.29, 1.82) is 0 Å². The molecule has 0 radical (unpaired) electrons. The van der Waals surface area contributed by atoms with Crippen molar-refractivity contribution in [1.82, 2.24) is 10.2 Å². The van der Waals surface area contributed by atoms with Crippen molar-refractivity contribution in [2.75, 3.05) is 13.2 Å². The second-order valence-corrected chi connectivity index (χ2v) is 6.38. The lowest BCUT2D eigenvalue weighted by atomic mass is 9.84. The molecule has 6 nitrogen and oxygen atoms in total. The molecule has 4 rings (SSSR count). The van der Waals surface area contributed by atoms with Crippen LogP contribution in [0.5, 0.6) is 5.75 Å². The molecule has 1 spiro atoms. The number of aliphatic hydroxyl groups excluding tert-OH is 1. The Morgan fingerprint density at radius 1 is 1.19 bits per heavy atom. The van der Waals surface area contributed by atoms with Crippen molar-refractivity contribution < 1.29 is 23.8 Å². The fourth-order valence-corrected chi connectivity index (χ4v) is 3.55. The van der Waals surface area contributed by atoms with Crippen molar-refractivity contribution in [2.45, 2.75) is 18.1 Å². The van der Waals surface area contributed by atoms with Gasteiger partial charge in [-0.25, -0.2) is 9.18 Å². The van der Waals surface area contributed by atoms with Gasteiger partial charge in [-0.2, -0.15) is 0 Å². The topological polar surface area (TPSA) is 78.9 Å². The summed E-state index contributed by atoms with van der Waals surface area (Å²) in [5.74, 6) is -0.504. The van der Waals surface area contributed by atoms with E-state index in [9.17, 15) is 19.1 Å². The number of fused-ring (bicyclic) bond motifs is 2. The van der Waals surface area contributed by atoms with E-state index in [-0.39, 0.29) is 18.7 Å². The quantitative estimate of drug-likeness (QED) is 0.826. The maximum Gasteiger partial charge on any atom is 0.325 e. The number of urea groups is 1. The molecule has 0 saturated carbocycles. The monoisotopic (exact) mass is 356 g/mol. The van der Waals surface area contributed by atoms with E-state index in [4.69, 9.17) is 4.74 Å².